The highest BCUT2D eigenvalue weighted by Crippen LogP contribution is 2.28. The van der Waals surface area contributed by atoms with E-state index >= 15 is 0 Å². The number of rotatable bonds is 5. The summed E-state index contributed by atoms with van der Waals surface area (Å²) in [6.07, 6.45) is 0.0823. The number of esters is 1. The van der Waals surface area contributed by atoms with Crippen LogP contribution in [0.15, 0.2) is 18.2 Å². The number of carbonyl (C=O) groups is 1. The second-order valence-corrected chi connectivity index (χ2v) is 4.90. The molecule has 0 heterocycles. The maximum absolute atomic E-state index is 11.2. The Balaban J connectivity index is 2.82. The Labute approximate surface area is 109 Å². The number of carbonyl (C=O) groups excluding carboxylic acids is 1. The Bertz CT molecular complexity index is 410. The van der Waals surface area contributed by atoms with E-state index in [1.165, 1.54) is 7.11 Å². The third-order valence-corrected chi connectivity index (χ3v) is 2.80. The lowest BCUT2D eigenvalue weighted by Crippen LogP contribution is -2.18. The van der Waals surface area contributed by atoms with Crippen molar-refractivity contribution in [2.75, 3.05) is 7.11 Å². The Morgan fingerprint density at radius 1 is 1.28 bits per heavy atom. The molecule has 0 N–H and O–H groups in total. The van der Waals surface area contributed by atoms with Gasteiger partial charge in [-0.15, -0.1) is 0 Å². The summed E-state index contributed by atoms with van der Waals surface area (Å²) in [6.45, 7) is 8.16. The van der Waals surface area contributed by atoms with Crippen LogP contribution < -0.4 is 4.74 Å². The van der Waals surface area contributed by atoms with Crippen LogP contribution >= 0.6 is 0 Å². The Morgan fingerprint density at radius 3 is 2.50 bits per heavy atom. The summed E-state index contributed by atoms with van der Waals surface area (Å²) in [5.74, 6) is 1.01. The summed E-state index contributed by atoms with van der Waals surface area (Å²) >= 11 is 0. The van der Waals surface area contributed by atoms with E-state index in [0.717, 1.165) is 16.9 Å². The smallest absolute Gasteiger partial charge is 0.309 e. The van der Waals surface area contributed by atoms with Crippen LogP contribution in [-0.4, -0.2) is 19.2 Å². The first-order valence-corrected chi connectivity index (χ1v) is 6.28. The van der Waals surface area contributed by atoms with E-state index in [0.29, 0.717) is 5.92 Å². The molecule has 18 heavy (non-hydrogen) atoms. The first kappa shape index (κ1) is 14.6. The molecule has 0 saturated carbocycles. The highest BCUT2D eigenvalue weighted by atomic mass is 16.5. The van der Waals surface area contributed by atoms with Crippen molar-refractivity contribution in [3.8, 4) is 5.75 Å². The maximum Gasteiger partial charge on any atom is 0.309 e. The number of methoxy groups -OCH3 is 1. The van der Waals surface area contributed by atoms with Gasteiger partial charge in [-0.2, -0.15) is 0 Å². The summed E-state index contributed by atoms with van der Waals surface area (Å²) in [5.41, 5.74) is 2.32. The predicted octanol–water partition coefficient (Wildman–Crippen LogP) is 3.45. The molecule has 0 spiro atoms. The third-order valence-electron chi connectivity index (χ3n) is 2.80. The molecule has 0 amide bonds. The molecule has 0 aliphatic heterocycles. The molecule has 1 rings (SSSR count). The van der Waals surface area contributed by atoms with Crippen molar-refractivity contribution in [3.05, 3.63) is 29.3 Å². The summed E-state index contributed by atoms with van der Waals surface area (Å²) < 4.78 is 10.5. The van der Waals surface area contributed by atoms with E-state index < -0.39 is 0 Å². The van der Waals surface area contributed by atoms with Crippen LogP contribution in [0.25, 0.3) is 0 Å². The number of hydrogen-bond acceptors (Lipinski definition) is 3. The largest absolute Gasteiger partial charge is 0.490 e. The monoisotopic (exact) mass is 250 g/mol. The number of aryl methyl sites for hydroxylation is 1. The molecule has 3 nitrogen and oxygen atoms in total. The molecule has 1 aromatic carbocycles. The standard InChI is InChI=1S/C15H22O3/c1-10(2)13-7-6-11(3)8-14(13)18-12(4)9-15(16)17-5/h6-8,10,12H,9H2,1-5H3. The van der Waals surface area contributed by atoms with Crippen LogP contribution in [0.4, 0.5) is 0 Å². The van der Waals surface area contributed by atoms with E-state index in [2.05, 4.69) is 30.7 Å². The van der Waals surface area contributed by atoms with E-state index in [-0.39, 0.29) is 18.5 Å². The number of hydrogen-bond donors (Lipinski definition) is 0. The van der Waals surface area contributed by atoms with Crippen molar-refractivity contribution in [2.45, 2.75) is 46.1 Å². The lowest BCUT2D eigenvalue weighted by atomic mass is 10.0. The fourth-order valence-electron chi connectivity index (χ4n) is 1.80. The molecule has 0 radical (unpaired) electrons. The van der Waals surface area contributed by atoms with Gasteiger partial charge in [0.05, 0.1) is 13.5 Å². The molecule has 100 valence electrons. The minimum atomic E-state index is -0.249. The van der Waals surface area contributed by atoms with Gasteiger partial charge >= 0.3 is 5.97 Å². The normalized spacial score (nSPS) is 12.3. The van der Waals surface area contributed by atoms with Gasteiger partial charge in [-0.05, 0) is 37.0 Å². The van der Waals surface area contributed by atoms with Crippen LogP contribution in [-0.2, 0) is 9.53 Å². The van der Waals surface area contributed by atoms with Crippen molar-refractivity contribution in [1.82, 2.24) is 0 Å². The second-order valence-electron chi connectivity index (χ2n) is 4.90. The maximum atomic E-state index is 11.2. The van der Waals surface area contributed by atoms with Crippen LogP contribution in [0, 0.1) is 6.92 Å². The minimum absolute atomic E-state index is 0.184. The van der Waals surface area contributed by atoms with Crippen molar-refractivity contribution in [1.29, 1.82) is 0 Å². The zero-order valence-electron chi connectivity index (χ0n) is 11.8. The second kappa shape index (κ2) is 6.43. The van der Waals surface area contributed by atoms with Gasteiger partial charge in [0, 0.05) is 0 Å². The summed E-state index contributed by atoms with van der Waals surface area (Å²) in [6, 6.07) is 6.18. The molecule has 0 fully saturated rings. The van der Waals surface area contributed by atoms with E-state index in [4.69, 9.17) is 4.74 Å². The van der Waals surface area contributed by atoms with Crippen LogP contribution in [0.5, 0.6) is 5.75 Å². The van der Waals surface area contributed by atoms with Gasteiger partial charge in [-0.3, -0.25) is 4.79 Å². The molecule has 0 aliphatic carbocycles. The van der Waals surface area contributed by atoms with E-state index in [9.17, 15) is 4.79 Å². The Kier molecular flexibility index (Phi) is 5.20. The summed E-state index contributed by atoms with van der Waals surface area (Å²) in [5, 5.41) is 0. The van der Waals surface area contributed by atoms with Gasteiger partial charge in [-0.1, -0.05) is 26.0 Å². The molecular weight excluding hydrogens is 228 g/mol. The van der Waals surface area contributed by atoms with E-state index in [1.54, 1.807) is 0 Å². The Morgan fingerprint density at radius 2 is 1.94 bits per heavy atom. The molecule has 1 atom stereocenters. The topological polar surface area (TPSA) is 35.5 Å². The van der Waals surface area contributed by atoms with Crippen LogP contribution in [0.3, 0.4) is 0 Å². The first-order chi connectivity index (χ1) is 8.43. The SMILES string of the molecule is COC(=O)CC(C)Oc1cc(C)ccc1C(C)C. The van der Waals surface area contributed by atoms with Crippen molar-refractivity contribution < 1.29 is 14.3 Å². The van der Waals surface area contributed by atoms with Crippen LogP contribution in [0.2, 0.25) is 0 Å². The van der Waals surface area contributed by atoms with Crippen molar-refractivity contribution in [3.63, 3.8) is 0 Å². The lowest BCUT2D eigenvalue weighted by molar-refractivity contribution is -0.142. The molecule has 1 aromatic rings. The minimum Gasteiger partial charge on any atom is -0.490 e. The van der Waals surface area contributed by atoms with Gasteiger partial charge in [0.15, 0.2) is 0 Å². The van der Waals surface area contributed by atoms with Crippen molar-refractivity contribution >= 4 is 5.97 Å². The molecule has 0 saturated heterocycles. The van der Waals surface area contributed by atoms with Crippen LogP contribution in [0.1, 0.15) is 44.2 Å². The van der Waals surface area contributed by atoms with Gasteiger partial charge in [0.25, 0.3) is 0 Å². The van der Waals surface area contributed by atoms with Gasteiger partial charge in [0.1, 0.15) is 11.9 Å². The molecular formula is C15H22O3. The zero-order valence-corrected chi connectivity index (χ0v) is 11.8. The fraction of sp³-hybridized carbons (Fsp3) is 0.533. The quantitative estimate of drug-likeness (QED) is 0.751. The third kappa shape index (κ3) is 4.06. The van der Waals surface area contributed by atoms with E-state index in [1.807, 2.05) is 19.9 Å². The molecule has 0 aromatic heterocycles. The summed E-state index contributed by atoms with van der Waals surface area (Å²) in [4.78, 5) is 11.2. The molecule has 0 bridgehead atoms. The lowest BCUT2D eigenvalue weighted by Gasteiger charge is -2.19. The number of benzene rings is 1. The molecule has 0 aliphatic rings. The number of ether oxygens (including phenoxy) is 2. The molecule has 1 unspecified atom stereocenters. The first-order valence-electron chi connectivity index (χ1n) is 6.28. The van der Waals surface area contributed by atoms with Gasteiger partial charge < -0.3 is 9.47 Å². The van der Waals surface area contributed by atoms with Gasteiger partial charge in [-0.25, -0.2) is 0 Å². The van der Waals surface area contributed by atoms with Gasteiger partial charge in [0.2, 0.25) is 0 Å². The van der Waals surface area contributed by atoms with Crippen molar-refractivity contribution in [2.24, 2.45) is 0 Å². The fourth-order valence-corrected chi connectivity index (χ4v) is 1.80. The Hall–Kier alpha value is -1.51. The average Bonchev–Trinajstić information content (AvgIpc) is 2.28. The highest BCUT2D eigenvalue weighted by molar-refractivity contribution is 5.69. The highest BCUT2D eigenvalue weighted by Gasteiger charge is 2.14. The summed E-state index contributed by atoms with van der Waals surface area (Å²) in [7, 11) is 1.39. The predicted molar refractivity (Wildman–Crippen MR) is 72.0 cm³/mol. The zero-order chi connectivity index (χ0) is 13.7. The average molecular weight is 250 g/mol. The molecule has 3 heteroatoms.